The largest absolute Gasteiger partial charge is 0.480 e. The Bertz CT molecular complexity index is 450. The quantitative estimate of drug-likeness (QED) is 0.143. The van der Waals surface area contributed by atoms with Crippen LogP contribution in [0.25, 0.3) is 0 Å². The molecule has 0 spiro atoms. The third kappa shape index (κ3) is 18.9. The first-order chi connectivity index (χ1) is 16.0. The number of hydrogen-bond donors (Lipinski definition) is 2. The summed E-state index contributed by atoms with van der Waals surface area (Å²) in [4.78, 5) is 22.7. The average molecular weight is 475 g/mol. The number of rotatable bonds is 26. The van der Waals surface area contributed by atoms with E-state index in [1.807, 2.05) is 0 Å². The van der Waals surface area contributed by atoms with Crippen molar-refractivity contribution in [2.75, 3.05) is 33.0 Å². The number of carboxylic acid groups (broad SMARTS) is 2. The molecule has 0 aromatic carbocycles. The van der Waals surface area contributed by atoms with E-state index in [1.54, 1.807) is 0 Å². The molecule has 0 rings (SSSR count). The van der Waals surface area contributed by atoms with E-state index in [-0.39, 0.29) is 33.0 Å². The summed E-state index contributed by atoms with van der Waals surface area (Å²) < 4.78 is 16.3. The van der Waals surface area contributed by atoms with E-state index >= 15 is 0 Å². The molecule has 0 aliphatic heterocycles. The minimum Gasteiger partial charge on any atom is -0.480 e. The van der Waals surface area contributed by atoms with Gasteiger partial charge < -0.3 is 24.4 Å². The highest BCUT2D eigenvalue weighted by Gasteiger charge is 2.38. The summed E-state index contributed by atoms with van der Waals surface area (Å²) in [5.74, 6) is -1.88. The average Bonchev–Trinajstić information content (AvgIpc) is 2.78. The van der Waals surface area contributed by atoms with E-state index in [2.05, 4.69) is 13.8 Å². The van der Waals surface area contributed by atoms with Crippen molar-refractivity contribution in [2.45, 2.75) is 122 Å². The Hall–Kier alpha value is -1.18. The second-order valence-corrected chi connectivity index (χ2v) is 8.95. The van der Waals surface area contributed by atoms with Gasteiger partial charge in [-0.25, -0.2) is 9.59 Å². The third-order valence-electron chi connectivity index (χ3n) is 5.96. The van der Waals surface area contributed by atoms with E-state index in [9.17, 15) is 14.7 Å². The van der Waals surface area contributed by atoms with Crippen LogP contribution in [0.1, 0.15) is 117 Å². The maximum absolute atomic E-state index is 12.3. The Morgan fingerprint density at radius 1 is 0.606 bits per heavy atom. The van der Waals surface area contributed by atoms with Crippen molar-refractivity contribution in [3.8, 4) is 0 Å². The molecule has 0 saturated carbocycles. The lowest BCUT2D eigenvalue weighted by Crippen LogP contribution is -2.42. The Morgan fingerprint density at radius 2 is 1.03 bits per heavy atom. The van der Waals surface area contributed by atoms with Crippen LogP contribution in [0.2, 0.25) is 0 Å². The molecule has 0 atom stereocenters. The number of hydrogen-bond acceptors (Lipinski definition) is 5. The van der Waals surface area contributed by atoms with Crippen LogP contribution in [0, 0.1) is 0 Å². The number of aliphatic carboxylic acids is 2. The van der Waals surface area contributed by atoms with Gasteiger partial charge in [-0.2, -0.15) is 0 Å². The lowest BCUT2D eigenvalue weighted by molar-refractivity contribution is -0.171. The maximum Gasteiger partial charge on any atom is 0.335 e. The molecule has 0 aliphatic carbocycles. The summed E-state index contributed by atoms with van der Waals surface area (Å²) in [5, 5.41) is 18.6. The van der Waals surface area contributed by atoms with Crippen molar-refractivity contribution in [1.82, 2.24) is 0 Å². The third-order valence-corrected chi connectivity index (χ3v) is 5.96. The molecule has 2 N–H and O–H groups in total. The van der Waals surface area contributed by atoms with Crippen molar-refractivity contribution in [2.24, 2.45) is 0 Å². The normalized spacial score (nSPS) is 11.7. The van der Waals surface area contributed by atoms with Crippen LogP contribution in [0.15, 0.2) is 0 Å². The molecule has 0 heterocycles. The Balaban J connectivity index is 4.46. The lowest BCUT2D eigenvalue weighted by atomic mass is 9.89. The predicted octanol–water partition coefficient (Wildman–Crippen LogP) is 6.23. The van der Waals surface area contributed by atoms with Crippen LogP contribution in [0.4, 0.5) is 0 Å². The van der Waals surface area contributed by atoms with Crippen molar-refractivity contribution >= 4 is 11.9 Å². The van der Waals surface area contributed by atoms with Crippen molar-refractivity contribution < 1.29 is 34.0 Å². The first-order valence-electron chi connectivity index (χ1n) is 13.2. The predicted molar refractivity (Wildman–Crippen MR) is 131 cm³/mol. The summed E-state index contributed by atoms with van der Waals surface area (Å²) in [6.45, 7) is 4.97. The van der Waals surface area contributed by atoms with Crippen molar-refractivity contribution in [3.63, 3.8) is 0 Å². The second kappa shape index (κ2) is 22.6. The van der Waals surface area contributed by atoms with Gasteiger partial charge in [0.25, 0.3) is 0 Å². The van der Waals surface area contributed by atoms with Gasteiger partial charge in [0.15, 0.2) is 5.60 Å². The van der Waals surface area contributed by atoms with Crippen LogP contribution in [-0.4, -0.2) is 60.8 Å². The summed E-state index contributed by atoms with van der Waals surface area (Å²) in [7, 11) is 0. The fraction of sp³-hybridized carbons (Fsp3) is 0.923. The molecule has 196 valence electrons. The van der Waals surface area contributed by atoms with E-state index in [4.69, 9.17) is 19.3 Å². The van der Waals surface area contributed by atoms with Crippen molar-refractivity contribution in [1.29, 1.82) is 0 Å². The highest BCUT2D eigenvalue weighted by atomic mass is 16.6. The second-order valence-electron chi connectivity index (χ2n) is 8.95. The van der Waals surface area contributed by atoms with Crippen LogP contribution in [-0.2, 0) is 23.8 Å². The SMILES string of the molecule is CCCCCCCCCC(CCCCCCCCC)(OCCOCCOCC(=O)O)C(=O)O. The van der Waals surface area contributed by atoms with Gasteiger partial charge in [0.1, 0.15) is 6.61 Å². The molecule has 0 amide bonds. The molecule has 0 unspecified atom stereocenters. The minimum absolute atomic E-state index is 0.187. The maximum atomic E-state index is 12.3. The highest BCUT2D eigenvalue weighted by molar-refractivity contribution is 5.77. The number of carboxylic acids is 2. The molecule has 0 bridgehead atoms. The number of carbonyl (C=O) groups is 2. The zero-order chi connectivity index (χ0) is 24.6. The van der Waals surface area contributed by atoms with Gasteiger partial charge in [-0.3, -0.25) is 0 Å². The zero-order valence-electron chi connectivity index (χ0n) is 21.3. The Labute approximate surface area is 201 Å². The van der Waals surface area contributed by atoms with E-state index in [0.29, 0.717) is 12.8 Å². The summed E-state index contributed by atoms with van der Waals surface area (Å²) >= 11 is 0. The molecule has 0 aromatic rings. The summed E-state index contributed by atoms with van der Waals surface area (Å²) in [6.07, 6.45) is 17.1. The Morgan fingerprint density at radius 3 is 1.48 bits per heavy atom. The van der Waals surface area contributed by atoms with Gasteiger partial charge in [-0.05, 0) is 25.7 Å². The van der Waals surface area contributed by atoms with Gasteiger partial charge in [-0.15, -0.1) is 0 Å². The molecule has 0 saturated heterocycles. The van der Waals surface area contributed by atoms with Gasteiger partial charge >= 0.3 is 11.9 Å². The van der Waals surface area contributed by atoms with Crippen LogP contribution in [0.3, 0.4) is 0 Å². The first-order valence-corrected chi connectivity index (χ1v) is 13.2. The molecule has 0 aromatic heterocycles. The van der Waals surface area contributed by atoms with Gasteiger partial charge in [-0.1, -0.05) is 90.9 Å². The van der Waals surface area contributed by atoms with E-state index in [0.717, 1.165) is 38.5 Å². The van der Waals surface area contributed by atoms with E-state index < -0.39 is 17.5 Å². The van der Waals surface area contributed by atoms with Crippen LogP contribution in [0.5, 0.6) is 0 Å². The first kappa shape index (κ1) is 31.8. The smallest absolute Gasteiger partial charge is 0.335 e. The zero-order valence-corrected chi connectivity index (χ0v) is 21.3. The fourth-order valence-corrected chi connectivity index (χ4v) is 3.96. The lowest BCUT2D eigenvalue weighted by Gasteiger charge is -2.30. The van der Waals surface area contributed by atoms with Crippen LogP contribution >= 0.6 is 0 Å². The minimum atomic E-state index is -1.14. The molecule has 0 aliphatic rings. The molecule has 7 heteroatoms. The molecule has 0 fully saturated rings. The molecule has 0 radical (unpaired) electrons. The highest BCUT2D eigenvalue weighted by Crippen LogP contribution is 2.28. The molecule has 33 heavy (non-hydrogen) atoms. The summed E-state index contributed by atoms with van der Waals surface area (Å²) in [6, 6.07) is 0. The van der Waals surface area contributed by atoms with Gasteiger partial charge in [0.2, 0.25) is 0 Å². The monoisotopic (exact) mass is 474 g/mol. The van der Waals surface area contributed by atoms with Crippen molar-refractivity contribution in [3.05, 3.63) is 0 Å². The topological polar surface area (TPSA) is 102 Å². The Kier molecular flexibility index (Phi) is 21.8. The van der Waals surface area contributed by atoms with E-state index in [1.165, 1.54) is 51.4 Å². The van der Waals surface area contributed by atoms with Crippen LogP contribution < -0.4 is 0 Å². The fourth-order valence-electron chi connectivity index (χ4n) is 3.96. The standard InChI is InChI=1S/C26H50O7/c1-3-5-7-9-11-13-15-17-26(25(29)30,18-16-14-12-10-8-6-4-2)33-22-21-31-19-20-32-23-24(27)28/h3-23H2,1-2H3,(H,27,28)(H,29,30). The summed E-state index contributed by atoms with van der Waals surface area (Å²) in [5.41, 5.74) is -1.14. The van der Waals surface area contributed by atoms with Gasteiger partial charge in [0, 0.05) is 0 Å². The van der Waals surface area contributed by atoms with Gasteiger partial charge in [0.05, 0.1) is 26.4 Å². The number of ether oxygens (including phenoxy) is 3. The molecule has 7 nitrogen and oxygen atoms in total. The molecular weight excluding hydrogens is 424 g/mol. The number of unbranched alkanes of at least 4 members (excludes halogenated alkanes) is 12. The molecular formula is C26H50O7.